The highest BCUT2D eigenvalue weighted by Gasteiger charge is 2.49. The topological polar surface area (TPSA) is 78.5 Å². The first-order valence-corrected chi connectivity index (χ1v) is 8.42. The van der Waals surface area contributed by atoms with Crippen molar-refractivity contribution in [2.75, 3.05) is 6.54 Å². The molecule has 2 aromatic carbocycles. The van der Waals surface area contributed by atoms with E-state index in [4.69, 9.17) is 0 Å². The summed E-state index contributed by atoms with van der Waals surface area (Å²) in [5, 5.41) is 5.45. The van der Waals surface area contributed by atoms with Crippen molar-refractivity contribution in [3.8, 4) is 0 Å². The van der Waals surface area contributed by atoms with Gasteiger partial charge in [-0.3, -0.25) is 14.5 Å². The molecule has 1 heterocycles. The van der Waals surface area contributed by atoms with E-state index in [9.17, 15) is 14.4 Å². The third-order valence-electron chi connectivity index (χ3n) is 4.67. The highest BCUT2D eigenvalue weighted by molar-refractivity contribution is 6.09. The summed E-state index contributed by atoms with van der Waals surface area (Å²) in [6.07, 6.45) is 0. The molecule has 0 radical (unpaired) electrons. The number of urea groups is 1. The van der Waals surface area contributed by atoms with Crippen LogP contribution in [0.25, 0.3) is 0 Å². The van der Waals surface area contributed by atoms with Gasteiger partial charge < -0.3 is 10.6 Å². The second kappa shape index (κ2) is 7.00. The SMILES string of the molecule is Cc1ccccc1CNC(=O)CN1C(=O)NC(C)(c2ccccc2)C1=O. The van der Waals surface area contributed by atoms with E-state index >= 15 is 0 Å². The molecule has 0 aromatic heterocycles. The van der Waals surface area contributed by atoms with Crippen LogP contribution in [0.5, 0.6) is 0 Å². The fraction of sp³-hybridized carbons (Fsp3) is 0.250. The van der Waals surface area contributed by atoms with Crippen LogP contribution in [0.2, 0.25) is 0 Å². The number of carbonyl (C=O) groups excluding carboxylic acids is 3. The van der Waals surface area contributed by atoms with Crippen LogP contribution in [0.3, 0.4) is 0 Å². The minimum absolute atomic E-state index is 0.307. The van der Waals surface area contributed by atoms with Crippen LogP contribution >= 0.6 is 0 Å². The number of nitrogens with zero attached hydrogens (tertiary/aromatic N) is 1. The standard InChI is InChI=1S/C20H21N3O3/c1-14-8-6-7-9-15(14)12-21-17(24)13-23-18(25)20(2,22-19(23)26)16-10-4-3-5-11-16/h3-11H,12-13H2,1-2H3,(H,21,24)(H,22,26). The minimum Gasteiger partial charge on any atom is -0.350 e. The molecule has 6 heteroatoms. The van der Waals surface area contributed by atoms with Gasteiger partial charge >= 0.3 is 6.03 Å². The molecule has 6 nitrogen and oxygen atoms in total. The van der Waals surface area contributed by atoms with Gasteiger partial charge in [0.2, 0.25) is 5.91 Å². The molecule has 0 saturated carbocycles. The molecule has 1 aliphatic heterocycles. The molecule has 0 spiro atoms. The van der Waals surface area contributed by atoms with E-state index in [0.717, 1.165) is 16.0 Å². The van der Waals surface area contributed by atoms with Crippen molar-refractivity contribution in [1.29, 1.82) is 0 Å². The molecule has 134 valence electrons. The van der Waals surface area contributed by atoms with E-state index in [1.807, 2.05) is 37.3 Å². The first kappa shape index (κ1) is 17.7. The lowest BCUT2D eigenvalue weighted by atomic mass is 9.92. The van der Waals surface area contributed by atoms with E-state index in [1.165, 1.54) is 0 Å². The van der Waals surface area contributed by atoms with Gasteiger partial charge in [-0.25, -0.2) is 4.79 Å². The third kappa shape index (κ3) is 3.31. The predicted molar refractivity (Wildman–Crippen MR) is 97.1 cm³/mol. The van der Waals surface area contributed by atoms with Gasteiger partial charge in [0, 0.05) is 6.54 Å². The average Bonchev–Trinajstić information content (AvgIpc) is 2.86. The fourth-order valence-electron chi connectivity index (χ4n) is 3.01. The van der Waals surface area contributed by atoms with E-state index in [0.29, 0.717) is 12.1 Å². The summed E-state index contributed by atoms with van der Waals surface area (Å²) in [6, 6.07) is 16.2. The summed E-state index contributed by atoms with van der Waals surface area (Å²) in [5.41, 5.74) is 1.59. The molecule has 26 heavy (non-hydrogen) atoms. The average molecular weight is 351 g/mol. The van der Waals surface area contributed by atoms with Crippen LogP contribution in [0.1, 0.15) is 23.6 Å². The molecule has 1 atom stereocenters. The van der Waals surface area contributed by atoms with E-state index in [2.05, 4.69) is 10.6 Å². The largest absolute Gasteiger partial charge is 0.350 e. The lowest BCUT2D eigenvalue weighted by Crippen LogP contribution is -2.43. The highest BCUT2D eigenvalue weighted by Crippen LogP contribution is 2.28. The minimum atomic E-state index is -1.16. The number of imide groups is 1. The maximum absolute atomic E-state index is 12.8. The zero-order chi connectivity index (χ0) is 18.7. The van der Waals surface area contributed by atoms with Gasteiger partial charge in [0.1, 0.15) is 12.1 Å². The Morgan fingerprint density at radius 3 is 2.42 bits per heavy atom. The zero-order valence-corrected chi connectivity index (χ0v) is 14.8. The van der Waals surface area contributed by atoms with Gasteiger partial charge in [-0.2, -0.15) is 0 Å². The molecule has 1 saturated heterocycles. The van der Waals surface area contributed by atoms with Gasteiger partial charge in [0.05, 0.1) is 0 Å². The molecule has 0 bridgehead atoms. The van der Waals surface area contributed by atoms with Crippen molar-refractivity contribution < 1.29 is 14.4 Å². The smallest absolute Gasteiger partial charge is 0.325 e. The Hall–Kier alpha value is -3.15. The Bertz CT molecular complexity index is 850. The Kier molecular flexibility index (Phi) is 4.75. The summed E-state index contributed by atoms with van der Waals surface area (Å²) in [4.78, 5) is 38.2. The Balaban J connectivity index is 1.66. The fourth-order valence-corrected chi connectivity index (χ4v) is 3.01. The van der Waals surface area contributed by atoms with Gasteiger partial charge in [-0.15, -0.1) is 0 Å². The van der Waals surface area contributed by atoms with Crippen molar-refractivity contribution in [1.82, 2.24) is 15.5 Å². The van der Waals surface area contributed by atoms with Crippen molar-refractivity contribution in [3.63, 3.8) is 0 Å². The molecule has 1 aliphatic rings. The molecule has 2 N–H and O–H groups in total. The summed E-state index contributed by atoms with van der Waals surface area (Å²) < 4.78 is 0. The number of amides is 4. The number of hydrogen-bond donors (Lipinski definition) is 2. The third-order valence-corrected chi connectivity index (χ3v) is 4.67. The van der Waals surface area contributed by atoms with E-state index < -0.39 is 17.5 Å². The van der Waals surface area contributed by atoms with Crippen LogP contribution in [0, 0.1) is 6.92 Å². The molecule has 0 aliphatic carbocycles. The van der Waals surface area contributed by atoms with Crippen LogP contribution < -0.4 is 10.6 Å². The number of benzene rings is 2. The van der Waals surface area contributed by atoms with Crippen molar-refractivity contribution in [2.24, 2.45) is 0 Å². The highest BCUT2D eigenvalue weighted by atomic mass is 16.2. The van der Waals surface area contributed by atoms with Crippen LogP contribution in [0.15, 0.2) is 54.6 Å². The van der Waals surface area contributed by atoms with Crippen LogP contribution in [-0.4, -0.2) is 29.3 Å². The Labute approximate surface area is 152 Å². The van der Waals surface area contributed by atoms with Crippen LogP contribution in [-0.2, 0) is 21.7 Å². The lowest BCUT2D eigenvalue weighted by molar-refractivity contribution is -0.134. The van der Waals surface area contributed by atoms with E-state index in [-0.39, 0.29) is 12.5 Å². The number of carbonyl (C=O) groups is 3. The molecule has 1 unspecified atom stereocenters. The Morgan fingerprint density at radius 2 is 1.73 bits per heavy atom. The summed E-state index contributed by atoms with van der Waals surface area (Å²) in [7, 11) is 0. The number of aryl methyl sites for hydroxylation is 1. The van der Waals surface area contributed by atoms with E-state index in [1.54, 1.807) is 31.2 Å². The zero-order valence-electron chi connectivity index (χ0n) is 14.8. The molecular weight excluding hydrogens is 330 g/mol. The maximum atomic E-state index is 12.8. The van der Waals surface area contributed by atoms with Crippen molar-refractivity contribution in [2.45, 2.75) is 25.9 Å². The maximum Gasteiger partial charge on any atom is 0.325 e. The quantitative estimate of drug-likeness (QED) is 0.810. The van der Waals surface area contributed by atoms with Crippen molar-refractivity contribution >= 4 is 17.8 Å². The van der Waals surface area contributed by atoms with Gasteiger partial charge in [-0.05, 0) is 30.5 Å². The number of hydrogen-bond acceptors (Lipinski definition) is 3. The monoisotopic (exact) mass is 351 g/mol. The predicted octanol–water partition coefficient (Wildman–Crippen LogP) is 2.08. The molecule has 2 aromatic rings. The summed E-state index contributed by atoms with van der Waals surface area (Å²) in [6.45, 7) is 3.65. The van der Waals surface area contributed by atoms with Gasteiger partial charge in [0.25, 0.3) is 5.91 Å². The second-order valence-corrected chi connectivity index (χ2v) is 6.52. The normalized spacial score (nSPS) is 19.4. The first-order valence-electron chi connectivity index (χ1n) is 8.42. The first-order chi connectivity index (χ1) is 12.4. The molecular formula is C20H21N3O3. The summed E-state index contributed by atoms with van der Waals surface area (Å²) >= 11 is 0. The molecule has 1 fully saturated rings. The van der Waals surface area contributed by atoms with Gasteiger partial charge in [0.15, 0.2) is 0 Å². The van der Waals surface area contributed by atoms with Crippen LogP contribution in [0.4, 0.5) is 4.79 Å². The summed E-state index contributed by atoms with van der Waals surface area (Å²) in [5.74, 6) is -0.811. The lowest BCUT2D eigenvalue weighted by Gasteiger charge is -2.22. The Morgan fingerprint density at radius 1 is 1.08 bits per heavy atom. The van der Waals surface area contributed by atoms with Gasteiger partial charge in [-0.1, -0.05) is 54.6 Å². The van der Waals surface area contributed by atoms with Crippen molar-refractivity contribution in [3.05, 3.63) is 71.3 Å². The molecule has 3 rings (SSSR count). The number of nitrogens with one attached hydrogen (secondary N) is 2. The number of rotatable bonds is 5. The molecule has 4 amide bonds. The second-order valence-electron chi connectivity index (χ2n) is 6.52.